The van der Waals surface area contributed by atoms with Gasteiger partial charge in [0.05, 0.1) is 18.7 Å². The van der Waals surface area contributed by atoms with E-state index >= 15 is 0 Å². The first-order valence-corrected chi connectivity index (χ1v) is 5.05. The van der Waals surface area contributed by atoms with Crippen molar-refractivity contribution in [3.05, 3.63) is 5.89 Å². The van der Waals surface area contributed by atoms with Crippen LogP contribution in [0.2, 0.25) is 0 Å². The molecule has 0 spiro atoms. The fraction of sp³-hybridized carbons (Fsp3) is 0.778. The highest BCUT2D eigenvalue weighted by Gasteiger charge is 2.33. The molecule has 0 saturated carbocycles. The van der Waals surface area contributed by atoms with Gasteiger partial charge in [-0.1, -0.05) is 5.10 Å². The number of rotatable bonds is 3. The van der Waals surface area contributed by atoms with E-state index in [-0.39, 0.29) is 0 Å². The molecule has 1 fully saturated rings. The van der Waals surface area contributed by atoms with Gasteiger partial charge in [0, 0.05) is 6.54 Å². The topological polar surface area (TPSA) is 74.4 Å². The Hall–Kier alpha value is -1.14. The van der Waals surface area contributed by atoms with Crippen molar-refractivity contribution in [2.75, 3.05) is 25.0 Å². The van der Waals surface area contributed by atoms with E-state index in [1.807, 2.05) is 18.9 Å². The van der Waals surface area contributed by atoms with Crippen LogP contribution in [0.15, 0.2) is 4.42 Å². The zero-order chi connectivity index (χ0) is 10.9. The molecule has 0 aliphatic carbocycles. The second kappa shape index (κ2) is 3.79. The fourth-order valence-corrected chi connectivity index (χ4v) is 1.70. The van der Waals surface area contributed by atoms with Crippen LogP contribution in [0.4, 0.5) is 6.01 Å². The normalized spacial score (nSPS) is 26.2. The van der Waals surface area contributed by atoms with Gasteiger partial charge in [0.2, 0.25) is 5.89 Å². The van der Waals surface area contributed by atoms with Gasteiger partial charge in [-0.2, -0.15) is 0 Å². The van der Waals surface area contributed by atoms with Gasteiger partial charge in [0.25, 0.3) is 0 Å². The maximum Gasteiger partial charge on any atom is 0.318 e. The minimum absolute atomic E-state index is 0.498. The first kappa shape index (κ1) is 10.4. The summed E-state index contributed by atoms with van der Waals surface area (Å²) < 4.78 is 5.43. The van der Waals surface area contributed by atoms with Crippen molar-refractivity contribution in [3.63, 3.8) is 0 Å². The van der Waals surface area contributed by atoms with E-state index in [0.29, 0.717) is 25.0 Å². The molecule has 1 aliphatic rings. The average Bonchev–Trinajstić information content (AvgIpc) is 2.73. The second-order valence-electron chi connectivity index (χ2n) is 4.18. The van der Waals surface area contributed by atoms with Crippen LogP contribution in [0.3, 0.4) is 0 Å². The van der Waals surface area contributed by atoms with Crippen LogP contribution >= 0.6 is 0 Å². The number of hydrogen-bond donors (Lipinski definition) is 2. The third-order valence-corrected chi connectivity index (χ3v) is 2.51. The SMILES string of the molecule is CNCc1nnc(N2CCC(C)(O)C2)o1. The van der Waals surface area contributed by atoms with Crippen LogP contribution < -0.4 is 10.2 Å². The number of aromatic nitrogens is 2. The average molecular weight is 212 g/mol. The zero-order valence-corrected chi connectivity index (χ0v) is 9.03. The molecular weight excluding hydrogens is 196 g/mol. The highest BCUT2D eigenvalue weighted by Crippen LogP contribution is 2.25. The molecule has 1 atom stereocenters. The summed E-state index contributed by atoms with van der Waals surface area (Å²) in [6.45, 7) is 3.69. The van der Waals surface area contributed by atoms with Gasteiger partial charge in [0.15, 0.2) is 0 Å². The maximum absolute atomic E-state index is 9.79. The quantitative estimate of drug-likeness (QED) is 0.719. The molecular formula is C9H16N4O2. The summed E-state index contributed by atoms with van der Waals surface area (Å²) in [5.74, 6) is 0.569. The van der Waals surface area contributed by atoms with E-state index < -0.39 is 5.60 Å². The molecule has 6 nitrogen and oxygen atoms in total. The number of nitrogens with zero attached hydrogens (tertiary/aromatic N) is 3. The summed E-state index contributed by atoms with van der Waals surface area (Å²) in [4.78, 5) is 1.91. The standard InChI is InChI=1S/C9H16N4O2/c1-9(14)3-4-13(6-9)8-12-11-7(15-8)5-10-2/h10,14H,3-6H2,1-2H3. The lowest BCUT2D eigenvalue weighted by Crippen LogP contribution is -2.29. The van der Waals surface area contributed by atoms with Crippen LogP contribution in [0.25, 0.3) is 0 Å². The fourth-order valence-electron chi connectivity index (χ4n) is 1.70. The number of aliphatic hydroxyl groups is 1. The van der Waals surface area contributed by atoms with Gasteiger partial charge in [-0.3, -0.25) is 0 Å². The lowest BCUT2D eigenvalue weighted by Gasteiger charge is -2.16. The van der Waals surface area contributed by atoms with Gasteiger partial charge in [-0.15, -0.1) is 5.10 Å². The molecule has 0 bridgehead atoms. The van der Waals surface area contributed by atoms with Crippen LogP contribution in [0.1, 0.15) is 19.2 Å². The first-order valence-electron chi connectivity index (χ1n) is 5.05. The van der Waals surface area contributed by atoms with Gasteiger partial charge < -0.3 is 19.7 Å². The van der Waals surface area contributed by atoms with Gasteiger partial charge in [-0.25, -0.2) is 0 Å². The Morgan fingerprint density at radius 3 is 3.00 bits per heavy atom. The second-order valence-corrected chi connectivity index (χ2v) is 4.18. The van der Waals surface area contributed by atoms with E-state index in [1.165, 1.54) is 0 Å². The molecule has 15 heavy (non-hydrogen) atoms. The number of nitrogens with one attached hydrogen (secondary N) is 1. The summed E-state index contributed by atoms with van der Waals surface area (Å²) in [5, 5.41) is 20.6. The third kappa shape index (κ3) is 2.27. The minimum Gasteiger partial charge on any atom is -0.407 e. The Balaban J connectivity index is 2.04. The third-order valence-electron chi connectivity index (χ3n) is 2.51. The van der Waals surface area contributed by atoms with Crippen molar-refractivity contribution in [1.82, 2.24) is 15.5 Å². The summed E-state index contributed by atoms with van der Waals surface area (Å²) in [6, 6.07) is 0.498. The highest BCUT2D eigenvalue weighted by atomic mass is 16.4. The van der Waals surface area contributed by atoms with E-state index in [2.05, 4.69) is 15.5 Å². The van der Waals surface area contributed by atoms with E-state index in [0.717, 1.165) is 13.0 Å². The molecule has 2 rings (SSSR count). The highest BCUT2D eigenvalue weighted by molar-refractivity contribution is 5.28. The number of hydrogen-bond acceptors (Lipinski definition) is 6. The van der Waals surface area contributed by atoms with Crippen molar-refractivity contribution < 1.29 is 9.52 Å². The van der Waals surface area contributed by atoms with Crippen molar-refractivity contribution in [2.24, 2.45) is 0 Å². The van der Waals surface area contributed by atoms with Crippen molar-refractivity contribution >= 4 is 6.01 Å². The minimum atomic E-state index is -0.641. The maximum atomic E-state index is 9.79. The summed E-state index contributed by atoms with van der Waals surface area (Å²) in [7, 11) is 1.82. The molecule has 2 heterocycles. The molecule has 84 valence electrons. The monoisotopic (exact) mass is 212 g/mol. The van der Waals surface area contributed by atoms with E-state index in [1.54, 1.807) is 0 Å². The molecule has 0 aromatic carbocycles. The molecule has 0 amide bonds. The molecule has 1 saturated heterocycles. The molecule has 1 aromatic rings. The van der Waals surface area contributed by atoms with Crippen LogP contribution in [0, 0.1) is 0 Å². The van der Waals surface area contributed by atoms with Crippen molar-refractivity contribution in [1.29, 1.82) is 0 Å². The zero-order valence-electron chi connectivity index (χ0n) is 9.03. The summed E-state index contributed by atoms with van der Waals surface area (Å²) in [5.41, 5.74) is -0.641. The predicted molar refractivity (Wildman–Crippen MR) is 54.5 cm³/mol. The van der Waals surface area contributed by atoms with Gasteiger partial charge >= 0.3 is 6.01 Å². The Labute approximate surface area is 88.3 Å². The van der Waals surface area contributed by atoms with Gasteiger partial charge in [0.1, 0.15) is 0 Å². The summed E-state index contributed by atoms with van der Waals surface area (Å²) >= 11 is 0. The van der Waals surface area contributed by atoms with Gasteiger partial charge in [-0.05, 0) is 20.4 Å². The molecule has 1 unspecified atom stereocenters. The lowest BCUT2D eigenvalue weighted by molar-refractivity contribution is 0.0836. The van der Waals surface area contributed by atoms with Crippen molar-refractivity contribution in [3.8, 4) is 0 Å². The Kier molecular flexibility index (Phi) is 2.62. The molecule has 1 aromatic heterocycles. The molecule has 0 radical (unpaired) electrons. The molecule has 2 N–H and O–H groups in total. The summed E-state index contributed by atoms with van der Waals surface area (Å²) in [6.07, 6.45) is 0.733. The number of anilines is 1. The number of β-amino-alcohol motifs (C(OH)–C–C–N with tert-alkyl or cyclic N) is 1. The van der Waals surface area contributed by atoms with Crippen molar-refractivity contribution in [2.45, 2.75) is 25.5 Å². The smallest absolute Gasteiger partial charge is 0.318 e. The molecule has 6 heteroatoms. The molecule has 1 aliphatic heterocycles. The lowest BCUT2D eigenvalue weighted by atomic mass is 10.1. The van der Waals surface area contributed by atoms with Crippen LogP contribution in [-0.2, 0) is 6.54 Å². The predicted octanol–water partition coefficient (Wildman–Crippen LogP) is -0.250. The van der Waals surface area contributed by atoms with Crippen LogP contribution in [-0.4, -0.2) is 41.0 Å². The van der Waals surface area contributed by atoms with E-state index in [9.17, 15) is 5.11 Å². The Morgan fingerprint density at radius 2 is 2.40 bits per heavy atom. The van der Waals surface area contributed by atoms with E-state index in [4.69, 9.17) is 4.42 Å². The Morgan fingerprint density at radius 1 is 1.60 bits per heavy atom. The Bertz CT molecular complexity index is 337. The first-order chi connectivity index (χ1) is 7.11. The largest absolute Gasteiger partial charge is 0.407 e. The van der Waals surface area contributed by atoms with Crippen LogP contribution in [0.5, 0.6) is 0 Å².